The molecule has 1 aromatic rings. The van der Waals surface area contributed by atoms with Crippen LogP contribution in [0.5, 0.6) is 0 Å². The van der Waals surface area contributed by atoms with Gasteiger partial charge in [-0.05, 0) is 6.07 Å². The van der Waals surface area contributed by atoms with Crippen LogP contribution in [0.4, 0.5) is 4.39 Å². The highest BCUT2D eigenvalue weighted by Crippen LogP contribution is 2.05. The summed E-state index contributed by atoms with van der Waals surface area (Å²) in [5.41, 5.74) is 0.0949. The largest absolute Gasteiger partial charge is 0.378 e. The molecule has 46 valence electrons. The number of aliphatic hydroxyl groups is 1. The summed E-state index contributed by atoms with van der Waals surface area (Å²) in [6.07, 6.45) is 0. The van der Waals surface area contributed by atoms with Gasteiger partial charge in [-0.2, -0.15) is 0 Å². The van der Waals surface area contributed by atoms with Gasteiger partial charge in [-0.1, -0.05) is 18.2 Å². The second-order valence-electron chi connectivity index (χ2n) is 1.59. The smallest absolute Gasteiger partial charge is 0.165 e. The lowest BCUT2D eigenvalue weighted by atomic mass is 10.2. The van der Waals surface area contributed by atoms with Crippen molar-refractivity contribution in [2.75, 3.05) is 0 Å². The maximum atomic E-state index is 12.4. The van der Waals surface area contributed by atoms with E-state index >= 15 is 0 Å². The lowest BCUT2D eigenvalue weighted by Gasteiger charge is -1.92. The predicted molar refractivity (Wildman–Crippen MR) is 30.7 cm³/mol. The van der Waals surface area contributed by atoms with E-state index in [4.69, 9.17) is 5.11 Å². The first-order valence-electron chi connectivity index (χ1n) is 2.49. The van der Waals surface area contributed by atoms with Crippen LogP contribution in [-0.2, 0) is 0 Å². The van der Waals surface area contributed by atoms with E-state index < -0.39 is 5.82 Å². The number of rotatable bonds is 1. The second kappa shape index (κ2) is 2.60. The van der Waals surface area contributed by atoms with Gasteiger partial charge in [0.1, 0.15) is 5.82 Å². The molecule has 1 rings (SSSR count). The zero-order chi connectivity index (χ0) is 6.69. The molecule has 0 unspecified atom stereocenters. The van der Waals surface area contributed by atoms with Gasteiger partial charge < -0.3 is 5.11 Å². The van der Waals surface area contributed by atoms with E-state index in [1.807, 2.05) is 0 Å². The number of benzene rings is 1. The summed E-state index contributed by atoms with van der Waals surface area (Å²) in [5, 5.41) is 8.23. The Morgan fingerprint density at radius 2 is 2.00 bits per heavy atom. The maximum Gasteiger partial charge on any atom is 0.165 e. The molecule has 0 saturated heterocycles. The fourth-order valence-corrected chi connectivity index (χ4v) is 0.552. The van der Waals surface area contributed by atoms with Crippen LogP contribution >= 0.6 is 0 Å². The zero-order valence-corrected chi connectivity index (χ0v) is 4.63. The van der Waals surface area contributed by atoms with Crippen LogP contribution in [0.2, 0.25) is 0 Å². The highest BCUT2D eigenvalue weighted by atomic mass is 19.1. The minimum absolute atomic E-state index is 0.0949. The first-order chi connectivity index (χ1) is 4.34. The summed E-state index contributed by atoms with van der Waals surface area (Å²) in [6, 6.07) is 5.88. The van der Waals surface area contributed by atoms with Crippen molar-refractivity contribution in [1.29, 1.82) is 0 Å². The Kier molecular flexibility index (Phi) is 1.80. The Labute approximate surface area is 52.8 Å². The highest BCUT2D eigenvalue weighted by molar-refractivity contribution is 5.21. The summed E-state index contributed by atoms with van der Waals surface area (Å²) < 4.78 is 12.4. The van der Waals surface area contributed by atoms with Crippen LogP contribution in [0.3, 0.4) is 0 Å². The van der Waals surface area contributed by atoms with Gasteiger partial charge in [0, 0.05) is 5.56 Å². The molecule has 0 bridgehead atoms. The number of aliphatic hydroxyl groups excluding tert-OH is 1. The van der Waals surface area contributed by atoms with Crippen LogP contribution in [-0.4, -0.2) is 5.11 Å². The molecule has 0 spiro atoms. The molecule has 1 nitrogen and oxygen atoms in total. The van der Waals surface area contributed by atoms with Crippen molar-refractivity contribution in [2.45, 2.75) is 0 Å². The van der Waals surface area contributed by atoms with Crippen molar-refractivity contribution in [1.82, 2.24) is 0 Å². The molecule has 0 aliphatic heterocycles. The Morgan fingerprint density at radius 3 is 2.44 bits per heavy atom. The van der Waals surface area contributed by atoms with Crippen molar-refractivity contribution in [2.24, 2.45) is 0 Å². The Morgan fingerprint density at radius 1 is 1.33 bits per heavy atom. The first-order valence-corrected chi connectivity index (χ1v) is 2.49. The average molecular weight is 124 g/mol. The summed E-state index contributed by atoms with van der Waals surface area (Å²) in [5.74, 6) is -0.458. The Bertz CT molecular complexity index is 198. The molecule has 0 fully saturated rings. The van der Waals surface area contributed by atoms with Crippen molar-refractivity contribution in [3.8, 4) is 0 Å². The fraction of sp³-hybridized carbons (Fsp3) is 0. The van der Waals surface area contributed by atoms with E-state index in [0.717, 1.165) is 0 Å². The highest BCUT2D eigenvalue weighted by Gasteiger charge is 1.96. The molecular formula is C7H5FO. The molecule has 0 aromatic heterocycles. The van der Waals surface area contributed by atoms with Gasteiger partial charge in [0.05, 0.1) is 0 Å². The third kappa shape index (κ3) is 1.27. The van der Waals surface area contributed by atoms with Gasteiger partial charge in [-0.3, -0.25) is 0 Å². The van der Waals surface area contributed by atoms with E-state index in [1.165, 1.54) is 12.1 Å². The van der Waals surface area contributed by atoms with E-state index in [2.05, 4.69) is 0 Å². The molecule has 0 amide bonds. The third-order valence-corrected chi connectivity index (χ3v) is 0.994. The summed E-state index contributed by atoms with van der Waals surface area (Å²) in [6.45, 7) is 1.72. The van der Waals surface area contributed by atoms with Gasteiger partial charge in [0.25, 0.3) is 0 Å². The van der Waals surface area contributed by atoms with Gasteiger partial charge in [0.15, 0.2) is 6.61 Å². The summed E-state index contributed by atoms with van der Waals surface area (Å²) in [7, 11) is 0. The van der Waals surface area contributed by atoms with Gasteiger partial charge in [-0.15, -0.1) is 0 Å². The average Bonchev–Trinajstić information content (AvgIpc) is 1.89. The minimum Gasteiger partial charge on any atom is -0.378 e. The Balaban J connectivity index is 3.01. The molecule has 0 aliphatic rings. The normalized spacial score (nSPS) is 9.56. The molecule has 0 atom stereocenters. The monoisotopic (exact) mass is 124 g/mol. The first kappa shape index (κ1) is 6.23. The van der Waals surface area contributed by atoms with Crippen molar-refractivity contribution in [3.05, 3.63) is 42.3 Å². The Hall–Kier alpha value is -0.890. The molecule has 1 N–H and O–H groups in total. The molecule has 0 aliphatic carbocycles. The van der Waals surface area contributed by atoms with Gasteiger partial charge in [0.2, 0.25) is 0 Å². The second-order valence-corrected chi connectivity index (χ2v) is 1.59. The lowest BCUT2D eigenvalue weighted by Crippen LogP contribution is -1.84. The number of hydrogen-bond acceptors (Lipinski definition) is 1. The number of hydrogen-bond donors (Lipinski definition) is 1. The molecule has 1 aromatic carbocycles. The van der Waals surface area contributed by atoms with Crippen molar-refractivity contribution < 1.29 is 9.50 Å². The third-order valence-electron chi connectivity index (χ3n) is 0.994. The van der Waals surface area contributed by atoms with E-state index in [1.54, 1.807) is 18.7 Å². The predicted octanol–water partition coefficient (Wildman–Crippen LogP) is 1.59. The molecule has 0 saturated carbocycles. The number of halogens is 1. The van der Waals surface area contributed by atoms with Crippen molar-refractivity contribution in [3.63, 3.8) is 0 Å². The minimum atomic E-state index is -0.458. The molecule has 0 heterocycles. The van der Waals surface area contributed by atoms with Crippen LogP contribution in [0.15, 0.2) is 24.3 Å². The van der Waals surface area contributed by atoms with E-state index in [-0.39, 0.29) is 5.56 Å². The molecular weight excluding hydrogens is 119 g/mol. The maximum absolute atomic E-state index is 12.4. The van der Waals surface area contributed by atoms with Crippen LogP contribution in [0.1, 0.15) is 5.56 Å². The summed E-state index contributed by atoms with van der Waals surface area (Å²) >= 11 is 0. The van der Waals surface area contributed by atoms with E-state index in [0.29, 0.717) is 0 Å². The zero-order valence-electron chi connectivity index (χ0n) is 4.63. The molecule has 9 heavy (non-hydrogen) atoms. The lowest BCUT2D eigenvalue weighted by molar-refractivity contribution is 0.407. The fourth-order valence-electron chi connectivity index (χ4n) is 0.552. The quantitative estimate of drug-likeness (QED) is 0.602. The standard InChI is InChI=1S/C7H5FO/c8-7-4-2-1-3-6(7)5-9/h1-4,9H. The van der Waals surface area contributed by atoms with Gasteiger partial charge >= 0.3 is 0 Å². The topological polar surface area (TPSA) is 20.2 Å². The van der Waals surface area contributed by atoms with Crippen LogP contribution in [0, 0.1) is 12.4 Å². The van der Waals surface area contributed by atoms with Crippen LogP contribution < -0.4 is 0 Å². The molecule has 2 radical (unpaired) electrons. The van der Waals surface area contributed by atoms with E-state index in [9.17, 15) is 4.39 Å². The van der Waals surface area contributed by atoms with Crippen molar-refractivity contribution >= 4 is 0 Å². The van der Waals surface area contributed by atoms with Crippen LogP contribution in [0.25, 0.3) is 0 Å². The SMILES string of the molecule is O[C]c1ccccc1F. The summed E-state index contributed by atoms with van der Waals surface area (Å²) in [4.78, 5) is 0. The van der Waals surface area contributed by atoms with Gasteiger partial charge in [-0.25, -0.2) is 4.39 Å². The molecule has 2 heteroatoms.